The van der Waals surface area contributed by atoms with Crippen molar-refractivity contribution in [3.8, 4) is 5.75 Å². The predicted molar refractivity (Wildman–Crippen MR) is 94.8 cm³/mol. The van der Waals surface area contributed by atoms with Crippen molar-refractivity contribution in [2.24, 2.45) is 5.41 Å². The van der Waals surface area contributed by atoms with Crippen molar-refractivity contribution in [3.05, 3.63) is 65.7 Å². The zero-order chi connectivity index (χ0) is 17.7. The third-order valence-corrected chi connectivity index (χ3v) is 4.55. The number of hydrogen-bond acceptors (Lipinski definition) is 3. The van der Waals surface area contributed by atoms with Crippen molar-refractivity contribution in [1.82, 2.24) is 10.6 Å². The van der Waals surface area contributed by atoms with E-state index in [0.29, 0.717) is 25.9 Å². The Morgan fingerprint density at radius 3 is 2.16 bits per heavy atom. The van der Waals surface area contributed by atoms with Crippen molar-refractivity contribution in [2.75, 3.05) is 7.11 Å². The van der Waals surface area contributed by atoms with Crippen LogP contribution in [0.1, 0.15) is 24.0 Å². The van der Waals surface area contributed by atoms with Gasteiger partial charge in [-0.1, -0.05) is 48.5 Å². The molecule has 0 spiro atoms. The Morgan fingerprint density at radius 1 is 0.920 bits per heavy atom. The summed E-state index contributed by atoms with van der Waals surface area (Å²) >= 11 is 0. The van der Waals surface area contributed by atoms with Crippen LogP contribution in [0.4, 0.5) is 0 Å². The summed E-state index contributed by atoms with van der Waals surface area (Å²) in [4.78, 5) is 25.0. The molecule has 2 aromatic rings. The van der Waals surface area contributed by atoms with E-state index < -0.39 is 5.41 Å². The number of para-hydroxylation sites is 1. The Hall–Kier alpha value is -2.82. The zero-order valence-corrected chi connectivity index (χ0v) is 14.2. The van der Waals surface area contributed by atoms with Crippen LogP contribution >= 0.6 is 0 Å². The first-order valence-electron chi connectivity index (χ1n) is 8.38. The maximum atomic E-state index is 12.5. The predicted octanol–water partition coefficient (Wildman–Crippen LogP) is 2.41. The molecule has 1 fully saturated rings. The zero-order valence-electron chi connectivity index (χ0n) is 14.2. The number of hydrogen-bond donors (Lipinski definition) is 2. The van der Waals surface area contributed by atoms with Crippen LogP contribution in [0.5, 0.6) is 5.75 Å². The van der Waals surface area contributed by atoms with Gasteiger partial charge < -0.3 is 15.4 Å². The van der Waals surface area contributed by atoms with Gasteiger partial charge in [0.1, 0.15) is 11.2 Å². The summed E-state index contributed by atoms with van der Waals surface area (Å²) in [6.45, 7) is 0.776. The minimum absolute atomic E-state index is 0.200. The second kappa shape index (κ2) is 7.38. The monoisotopic (exact) mass is 338 g/mol. The van der Waals surface area contributed by atoms with Crippen LogP contribution in [-0.4, -0.2) is 18.9 Å². The van der Waals surface area contributed by atoms with Crippen molar-refractivity contribution < 1.29 is 14.3 Å². The molecule has 5 heteroatoms. The lowest BCUT2D eigenvalue weighted by molar-refractivity contribution is -0.137. The summed E-state index contributed by atoms with van der Waals surface area (Å²) in [5.74, 6) is 0.305. The van der Waals surface area contributed by atoms with E-state index in [2.05, 4.69) is 10.6 Å². The number of carbonyl (C=O) groups is 2. The molecule has 1 saturated carbocycles. The summed E-state index contributed by atoms with van der Waals surface area (Å²) in [5.41, 5.74) is 0.983. The molecule has 0 aromatic heterocycles. The topological polar surface area (TPSA) is 67.4 Å². The van der Waals surface area contributed by atoms with Crippen LogP contribution in [0, 0.1) is 5.41 Å². The third kappa shape index (κ3) is 3.82. The summed E-state index contributed by atoms with van der Waals surface area (Å²) in [7, 11) is 1.60. The number of carbonyl (C=O) groups excluding carboxylic acids is 2. The molecule has 0 unspecified atom stereocenters. The quantitative estimate of drug-likeness (QED) is 0.762. The lowest BCUT2D eigenvalue weighted by Crippen LogP contribution is -2.42. The first kappa shape index (κ1) is 17.0. The van der Waals surface area contributed by atoms with Crippen molar-refractivity contribution in [1.29, 1.82) is 0 Å². The van der Waals surface area contributed by atoms with Gasteiger partial charge in [0.15, 0.2) is 0 Å². The Morgan fingerprint density at radius 2 is 1.52 bits per heavy atom. The summed E-state index contributed by atoms with van der Waals surface area (Å²) in [6, 6.07) is 17.2. The van der Waals surface area contributed by atoms with E-state index >= 15 is 0 Å². The SMILES string of the molecule is COc1ccccc1CNC(=O)C1(C(=O)NCc2ccccc2)CC1. The minimum Gasteiger partial charge on any atom is -0.496 e. The first-order chi connectivity index (χ1) is 12.2. The highest BCUT2D eigenvalue weighted by molar-refractivity contribution is 6.07. The van der Waals surface area contributed by atoms with Gasteiger partial charge in [-0.25, -0.2) is 0 Å². The largest absolute Gasteiger partial charge is 0.496 e. The summed E-state index contributed by atoms with van der Waals surface area (Å²) in [6.07, 6.45) is 1.18. The number of ether oxygens (including phenoxy) is 1. The fraction of sp³-hybridized carbons (Fsp3) is 0.300. The van der Waals surface area contributed by atoms with Crippen LogP contribution in [0.25, 0.3) is 0 Å². The minimum atomic E-state index is -0.920. The Bertz CT molecular complexity index is 755. The molecular formula is C20H22N2O3. The average molecular weight is 338 g/mol. The van der Waals surface area contributed by atoms with Crippen molar-refractivity contribution in [2.45, 2.75) is 25.9 Å². The molecule has 3 rings (SSSR count). The van der Waals surface area contributed by atoms with E-state index in [4.69, 9.17) is 4.74 Å². The second-order valence-electron chi connectivity index (χ2n) is 6.24. The van der Waals surface area contributed by atoms with E-state index in [-0.39, 0.29) is 11.8 Å². The molecule has 0 bridgehead atoms. The molecule has 5 nitrogen and oxygen atoms in total. The van der Waals surface area contributed by atoms with E-state index in [1.54, 1.807) is 7.11 Å². The smallest absolute Gasteiger partial charge is 0.235 e. The number of rotatable bonds is 7. The van der Waals surface area contributed by atoms with Gasteiger partial charge in [0.05, 0.1) is 7.11 Å². The van der Waals surface area contributed by atoms with Gasteiger partial charge in [0.2, 0.25) is 11.8 Å². The first-order valence-corrected chi connectivity index (χ1v) is 8.38. The van der Waals surface area contributed by atoms with E-state index in [1.165, 1.54) is 0 Å². The fourth-order valence-electron chi connectivity index (χ4n) is 2.82. The maximum Gasteiger partial charge on any atom is 0.235 e. The van der Waals surface area contributed by atoms with Crippen molar-refractivity contribution in [3.63, 3.8) is 0 Å². The number of methoxy groups -OCH3 is 1. The highest BCUT2D eigenvalue weighted by Gasteiger charge is 2.56. The molecule has 2 aromatic carbocycles. The highest BCUT2D eigenvalue weighted by atomic mass is 16.5. The van der Waals surface area contributed by atoms with Crippen LogP contribution in [0.2, 0.25) is 0 Å². The summed E-state index contributed by atoms with van der Waals surface area (Å²) < 4.78 is 5.28. The number of nitrogens with one attached hydrogen (secondary N) is 2. The molecular weight excluding hydrogens is 316 g/mol. The lowest BCUT2D eigenvalue weighted by atomic mass is 10.0. The molecule has 2 N–H and O–H groups in total. The molecule has 25 heavy (non-hydrogen) atoms. The maximum absolute atomic E-state index is 12.5. The van der Waals surface area contributed by atoms with Gasteiger partial charge in [-0.05, 0) is 24.5 Å². The van der Waals surface area contributed by atoms with Gasteiger partial charge in [-0.15, -0.1) is 0 Å². The average Bonchev–Trinajstić information content (AvgIpc) is 3.47. The third-order valence-electron chi connectivity index (χ3n) is 4.55. The van der Waals surface area contributed by atoms with E-state index in [9.17, 15) is 9.59 Å². The molecule has 2 amide bonds. The fourth-order valence-corrected chi connectivity index (χ4v) is 2.82. The lowest BCUT2D eigenvalue weighted by Gasteiger charge is -2.16. The van der Waals surface area contributed by atoms with E-state index in [1.807, 2.05) is 54.6 Å². The molecule has 0 radical (unpaired) electrons. The standard InChI is InChI=1S/C20H22N2O3/c1-25-17-10-6-5-9-16(17)14-22-19(24)20(11-12-20)18(23)21-13-15-7-3-2-4-8-15/h2-10H,11-14H2,1H3,(H,21,23)(H,22,24). The van der Waals surface area contributed by atoms with Gasteiger partial charge >= 0.3 is 0 Å². The molecule has 0 saturated heterocycles. The molecule has 0 heterocycles. The molecule has 0 atom stereocenters. The molecule has 130 valence electrons. The number of benzene rings is 2. The Kier molecular flexibility index (Phi) is 5.03. The molecule has 1 aliphatic carbocycles. The normalized spacial score (nSPS) is 14.4. The van der Waals surface area contributed by atoms with Gasteiger partial charge in [0, 0.05) is 18.7 Å². The Labute approximate surface area is 147 Å². The van der Waals surface area contributed by atoms with Gasteiger partial charge in [0.25, 0.3) is 0 Å². The summed E-state index contributed by atoms with van der Waals surface area (Å²) in [5, 5.41) is 5.75. The van der Waals surface area contributed by atoms with Gasteiger partial charge in [-0.3, -0.25) is 9.59 Å². The number of amides is 2. The van der Waals surface area contributed by atoms with Crippen LogP contribution in [-0.2, 0) is 22.7 Å². The van der Waals surface area contributed by atoms with Crippen molar-refractivity contribution >= 4 is 11.8 Å². The van der Waals surface area contributed by atoms with Crippen LogP contribution in [0.3, 0.4) is 0 Å². The Balaban J connectivity index is 1.56. The second-order valence-corrected chi connectivity index (χ2v) is 6.24. The van der Waals surface area contributed by atoms with E-state index in [0.717, 1.165) is 16.9 Å². The molecule has 1 aliphatic rings. The molecule has 0 aliphatic heterocycles. The van der Waals surface area contributed by atoms with Crippen LogP contribution in [0.15, 0.2) is 54.6 Å². The van der Waals surface area contributed by atoms with Crippen LogP contribution < -0.4 is 15.4 Å². The highest BCUT2D eigenvalue weighted by Crippen LogP contribution is 2.46. The van der Waals surface area contributed by atoms with Gasteiger partial charge in [-0.2, -0.15) is 0 Å².